The minimum Gasteiger partial charge on any atom is -0.309 e. The van der Waals surface area contributed by atoms with Crippen molar-refractivity contribution in [2.75, 3.05) is 0 Å². The largest absolute Gasteiger partial charge is 0.417 e. The van der Waals surface area contributed by atoms with Gasteiger partial charge in [-0.25, -0.2) is 0 Å². The maximum atomic E-state index is 15.0. The molecule has 11 aromatic rings. The molecule has 0 aliphatic heterocycles. The third kappa shape index (κ3) is 8.98. The van der Waals surface area contributed by atoms with Gasteiger partial charge < -0.3 is 9.13 Å². The Morgan fingerprint density at radius 3 is 1.20 bits per heavy atom. The van der Waals surface area contributed by atoms with Gasteiger partial charge in [0.15, 0.2) is 0 Å². The third-order valence-electron chi connectivity index (χ3n) is 13.9. The summed E-state index contributed by atoms with van der Waals surface area (Å²) in [5.74, 6) is 0. The van der Waals surface area contributed by atoms with E-state index < -0.39 is 69.8 Å². The molecule has 2 aromatic heterocycles. The van der Waals surface area contributed by atoms with Gasteiger partial charge in [-0.3, -0.25) is 0 Å². The number of alkyl halides is 15. The van der Waals surface area contributed by atoms with Crippen LogP contribution in [0.2, 0.25) is 0 Å². The Bertz CT molecular complexity index is 4440. The summed E-state index contributed by atoms with van der Waals surface area (Å²) < 4.78 is 218. The van der Waals surface area contributed by atoms with Gasteiger partial charge in [0, 0.05) is 32.7 Å². The molecule has 0 fully saturated rings. The Morgan fingerprint density at radius 2 is 0.738 bits per heavy atom. The number of nitrogens with zero attached hydrogens (tertiary/aromatic N) is 4. The first-order chi connectivity index (χ1) is 37.8. The van der Waals surface area contributed by atoms with Crippen LogP contribution in [0.1, 0.15) is 38.9 Å². The Morgan fingerprint density at radius 1 is 0.312 bits per heavy atom. The molecule has 0 amide bonds. The smallest absolute Gasteiger partial charge is 0.309 e. The second-order valence-electron chi connectivity index (χ2n) is 18.6. The van der Waals surface area contributed by atoms with Crippen LogP contribution in [0.15, 0.2) is 176 Å². The van der Waals surface area contributed by atoms with E-state index in [0.29, 0.717) is 61.8 Å². The lowest BCUT2D eigenvalue weighted by Gasteiger charge is -2.21. The zero-order valence-corrected chi connectivity index (χ0v) is 40.2. The predicted octanol–water partition coefficient (Wildman–Crippen LogP) is 19.4. The van der Waals surface area contributed by atoms with Gasteiger partial charge in [-0.2, -0.15) is 76.4 Å². The van der Waals surface area contributed by atoms with Crippen molar-refractivity contribution >= 4 is 43.6 Å². The van der Waals surface area contributed by atoms with Crippen molar-refractivity contribution < 1.29 is 65.9 Å². The number of hydrogen-bond donors (Lipinski definition) is 0. The minimum absolute atomic E-state index is 0.0258. The molecule has 11 rings (SSSR count). The number of aromatic nitrogens is 2. The summed E-state index contributed by atoms with van der Waals surface area (Å²) in [4.78, 5) is 0. The molecule has 0 atom stereocenters. The maximum absolute atomic E-state index is 15.0. The highest BCUT2D eigenvalue weighted by Gasteiger charge is 2.41. The fourth-order valence-electron chi connectivity index (χ4n) is 10.5. The summed E-state index contributed by atoms with van der Waals surface area (Å²) in [6, 6.07) is 39.6. The van der Waals surface area contributed by atoms with Crippen molar-refractivity contribution in [3.05, 3.63) is 215 Å². The molecule has 398 valence electrons. The highest BCUT2D eigenvalue weighted by Crippen LogP contribution is 2.49. The van der Waals surface area contributed by atoms with E-state index in [1.165, 1.54) is 72.8 Å². The van der Waals surface area contributed by atoms with E-state index in [1.54, 1.807) is 69.8 Å². The number of hydrogen-bond acceptors (Lipinski definition) is 2. The molecule has 0 aliphatic carbocycles. The van der Waals surface area contributed by atoms with Gasteiger partial charge in [-0.1, -0.05) is 78.9 Å². The fraction of sp³-hybridized carbons (Fsp3) is 0.0820. The van der Waals surface area contributed by atoms with Crippen LogP contribution in [0, 0.1) is 22.7 Å². The first-order valence-electron chi connectivity index (χ1n) is 23.7. The molecule has 0 spiro atoms. The van der Waals surface area contributed by atoms with E-state index in [9.17, 15) is 63.2 Å². The van der Waals surface area contributed by atoms with E-state index >= 15 is 13.2 Å². The van der Waals surface area contributed by atoms with Crippen LogP contribution in [-0.4, -0.2) is 9.13 Å². The first-order valence-corrected chi connectivity index (χ1v) is 23.7. The van der Waals surface area contributed by atoms with Crippen LogP contribution in [0.25, 0.3) is 99.5 Å². The topological polar surface area (TPSA) is 57.4 Å². The average Bonchev–Trinajstić information content (AvgIpc) is 4.14. The number of nitriles is 2. The van der Waals surface area contributed by atoms with E-state index in [2.05, 4.69) is 6.07 Å². The Balaban J connectivity index is 1.21. The van der Waals surface area contributed by atoms with Crippen LogP contribution < -0.4 is 0 Å². The molecule has 0 saturated carbocycles. The highest BCUT2D eigenvalue weighted by atomic mass is 19.4. The van der Waals surface area contributed by atoms with E-state index in [4.69, 9.17) is 0 Å². The van der Waals surface area contributed by atoms with Crippen LogP contribution in [-0.2, 0) is 30.9 Å². The summed E-state index contributed by atoms with van der Waals surface area (Å²) in [5.41, 5.74) is -7.52. The van der Waals surface area contributed by atoms with Crippen molar-refractivity contribution in [3.63, 3.8) is 0 Å². The van der Waals surface area contributed by atoms with Gasteiger partial charge in [0.1, 0.15) is 0 Å². The van der Waals surface area contributed by atoms with Crippen LogP contribution in [0.4, 0.5) is 65.9 Å². The summed E-state index contributed by atoms with van der Waals surface area (Å²) in [7, 11) is 0. The monoisotopic (exact) mass is 1100 g/mol. The highest BCUT2D eigenvalue weighted by molar-refractivity contribution is 6.13. The van der Waals surface area contributed by atoms with Crippen LogP contribution >= 0.6 is 0 Å². The van der Waals surface area contributed by atoms with Crippen molar-refractivity contribution in [2.45, 2.75) is 30.9 Å². The summed E-state index contributed by atoms with van der Waals surface area (Å²) in [5, 5.41) is 22.1. The summed E-state index contributed by atoms with van der Waals surface area (Å²) >= 11 is 0. The van der Waals surface area contributed by atoms with Crippen molar-refractivity contribution in [1.29, 1.82) is 10.5 Å². The molecular weight excluding hydrogens is 1070 g/mol. The van der Waals surface area contributed by atoms with Crippen molar-refractivity contribution in [2.24, 2.45) is 0 Å². The third-order valence-corrected chi connectivity index (χ3v) is 13.9. The van der Waals surface area contributed by atoms with Crippen LogP contribution in [0.5, 0.6) is 0 Å². The van der Waals surface area contributed by atoms with E-state index in [1.807, 2.05) is 0 Å². The molecule has 2 heterocycles. The summed E-state index contributed by atoms with van der Waals surface area (Å²) in [6.07, 6.45) is -25.7. The molecule has 0 radical (unpaired) electrons. The first kappa shape index (κ1) is 52.6. The maximum Gasteiger partial charge on any atom is 0.417 e. The van der Waals surface area contributed by atoms with Gasteiger partial charge in [0.2, 0.25) is 0 Å². The SMILES string of the molecule is N#Cc1ccc(-c2ccc(-n3c4ccccc4c4cc(-c5ccc(C(F)(F)F)cc5C(F)(F)F)ccc43)c(-c3c(C#N)cccc3-n3c4ccccc4c4cc(-c5ccc(C(F)(F)F)cc5C(F)(F)F)ccc43)c2)c(C(F)(F)F)c1. The van der Waals surface area contributed by atoms with Gasteiger partial charge in [-0.05, 0) is 130 Å². The van der Waals surface area contributed by atoms with Gasteiger partial charge in [0.25, 0.3) is 0 Å². The van der Waals surface area contributed by atoms with Gasteiger partial charge in [0.05, 0.1) is 84.5 Å². The molecule has 9 aromatic carbocycles. The lowest BCUT2D eigenvalue weighted by molar-refractivity contribution is -0.144. The lowest BCUT2D eigenvalue weighted by Crippen LogP contribution is -2.12. The van der Waals surface area contributed by atoms with Crippen molar-refractivity contribution in [1.82, 2.24) is 9.13 Å². The second-order valence-corrected chi connectivity index (χ2v) is 18.6. The second kappa shape index (κ2) is 18.6. The fourth-order valence-corrected chi connectivity index (χ4v) is 10.5. The molecule has 0 aliphatic rings. The standard InChI is InChI=1S/C61H29F15N4/c62-57(63,64)37-16-19-40(48(28-37)60(71,72)73)33-13-21-52-44(25-33)42-7-1-3-9-50(42)79(52)54-23-15-35(39-18-12-32(30-77)24-47(39)59(68,69)70)27-46(54)56-36(31-78)6-5-11-55(56)80-51-10-4-2-8-43(51)45-26-34(14-22-53(45)80)41-20-17-38(58(65,66)67)29-49(41)61(74,75)76/h1-29H. The number of fused-ring (bicyclic) bond motifs is 6. The average molecular weight is 1100 g/mol. The molecule has 4 nitrogen and oxygen atoms in total. The zero-order valence-electron chi connectivity index (χ0n) is 40.2. The molecule has 0 bridgehead atoms. The number of rotatable bonds is 6. The number of para-hydroxylation sites is 2. The zero-order chi connectivity index (χ0) is 57.0. The van der Waals surface area contributed by atoms with E-state index in [-0.39, 0.29) is 68.0 Å². The van der Waals surface area contributed by atoms with Crippen LogP contribution in [0.3, 0.4) is 0 Å². The van der Waals surface area contributed by atoms with E-state index in [0.717, 1.165) is 18.2 Å². The van der Waals surface area contributed by atoms with Gasteiger partial charge >= 0.3 is 30.9 Å². The predicted molar refractivity (Wildman–Crippen MR) is 271 cm³/mol. The normalized spacial score (nSPS) is 12.7. The quantitative estimate of drug-likeness (QED) is 0.156. The van der Waals surface area contributed by atoms with Gasteiger partial charge in [-0.15, -0.1) is 0 Å². The Kier molecular flexibility index (Phi) is 12.2. The molecule has 19 heteroatoms. The minimum atomic E-state index is -5.23. The molecule has 0 unspecified atom stereocenters. The lowest BCUT2D eigenvalue weighted by atomic mass is 9.90. The number of benzene rings is 9. The molecular formula is C61H29F15N4. The molecule has 80 heavy (non-hydrogen) atoms. The van der Waals surface area contributed by atoms with Crippen molar-refractivity contribution in [3.8, 4) is 68.0 Å². The Hall–Kier alpha value is -9.49. The molecule has 0 saturated heterocycles. The molecule has 0 N–H and O–H groups in total. The number of halogens is 15. The Labute approximate surface area is 441 Å². The summed E-state index contributed by atoms with van der Waals surface area (Å²) in [6.45, 7) is 0.